The largest absolute Gasteiger partial charge is 0.464 e. The normalized spacial score (nSPS) is 10.4. The summed E-state index contributed by atoms with van der Waals surface area (Å²) < 4.78 is 10.5. The summed E-state index contributed by atoms with van der Waals surface area (Å²) in [6.45, 7) is 3.57. The lowest BCUT2D eigenvalue weighted by Crippen LogP contribution is -2.31. The van der Waals surface area contributed by atoms with Crippen molar-refractivity contribution in [2.75, 3.05) is 13.2 Å². The van der Waals surface area contributed by atoms with Crippen molar-refractivity contribution >= 4 is 23.5 Å². The van der Waals surface area contributed by atoms with E-state index in [1.807, 2.05) is 0 Å². The molecule has 0 aliphatic carbocycles. The number of carbonyl (C=O) groups excluding carboxylic acids is 2. The number of halogens is 1. The van der Waals surface area contributed by atoms with Crippen LogP contribution in [-0.4, -0.2) is 39.9 Å². The van der Waals surface area contributed by atoms with E-state index in [4.69, 9.17) is 21.1 Å². The SMILES string of the molecule is CCOC(=O)C(C(=O)OCC)n1cnc(Cl)n1. The standard InChI is InChI=1S/C9H12ClN3O4/c1-3-16-7(14)6(8(15)17-4-2)13-5-11-9(10)12-13/h5-6H,3-4H2,1-2H3. The van der Waals surface area contributed by atoms with E-state index in [0.717, 1.165) is 4.68 Å². The van der Waals surface area contributed by atoms with Crippen LogP contribution in [0.2, 0.25) is 5.28 Å². The second kappa shape index (κ2) is 6.19. The van der Waals surface area contributed by atoms with Crippen LogP contribution in [0.5, 0.6) is 0 Å². The maximum Gasteiger partial charge on any atom is 0.342 e. The fourth-order valence-electron chi connectivity index (χ4n) is 1.13. The van der Waals surface area contributed by atoms with E-state index in [0.29, 0.717) is 0 Å². The molecule has 7 nitrogen and oxygen atoms in total. The number of carbonyl (C=O) groups is 2. The van der Waals surface area contributed by atoms with Crippen LogP contribution < -0.4 is 0 Å². The Kier molecular flexibility index (Phi) is 4.89. The van der Waals surface area contributed by atoms with Crippen LogP contribution >= 0.6 is 11.6 Å². The van der Waals surface area contributed by atoms with Gasteiger partial charge in [0, 0.05) is 0 Å². The molecule has 0 unspecified atom stereocenters. The summed E-state index contributed by atoms with van der Waals surface area (Å²) >= 11 is 5.52. The summed E-state index contributed by atoms with van der Waals surface area (Å²) in [5, 5.41) is 3.62. The minimum Gasteiger partial charge on any atom is -0.464 e. The van der Waals surface area contributed by atoms with Crippen molar-refractivity contribution in [1.82, 2.24) is 14.8 Å². The molecule has 0 fully saturated rings. The molecule has 0 bridgehead atoms. The van der Waals surface area contributed by atoms with Gasteiger partial charge >= 0.3 is 11.9 Å². The number of hydrogen-bond donors (Lipinski definition) is 0. The van der Waals surface area contributed by atoms with Gasteiger partial charge in [0.15, 0.2) is 0 Å². The number of rotatable bonds is 5. The number of hydrogen-bond acceptors (Lipinski definition) is 6. The summed E-state index contributed by atoms with van der Waals surface area (Å²) in [5.41, 5.74) is 0. The zero-order valence-corrected chi connectivity index (χ0v) is 10.2. The number of aromatic nitrogens is 3. The Morgan fingerprint density at radius 2 is 1.88 bits per heavy atom. The monoisotopic (exact) mass is 261 g/mol. The molecular weight excluding hydrogens is 250 g/mol. The van der Waals surface area contributed by atoms with Gasteiger partial charge in [-0.3, -0.25) is 0 Å². The molecule has 0 N–H and O–H groups in total. The van der Waals surface area contributed by atoms with Crippen molar-refractivity contribution in [2.45, 2.75) is 19.9 Å². The predicted molar refractivity (Wildman–Crippen MR) is 57.3 cm³/mol. The lowest BCUT2D eigenvalue weighted by molar-refractivity contribution is -0.160. The summed E-state index contributed by atoms with van der Waals surface area (Å²) in [4.78, 5) is 26.9. The van der Waals surface area contributed by atoms with Crippen molar-refractivity contribution in [3.05, 3.63) is 11.6 Å². The molecule has 1 aromatic rings. The first-order chi connectivity index (χ1) is 8.10. The first-order valence-electron chi connectivity index (χ1n) is 5.00. The molecule has 0 amide bonds. The van der Waals surface area contributed by atoms with Gasteiger partial charge in [-0.25, -0.2) is 19.3 Å². The summed E-state index contributed by atoms with van der Waals surface area (Å²) in [7, 11) is 0. The maximum atomic E-state index is 11.6. The zero-order chi connectivity index (χ0) is 12.8. The molecule has 0 aromatic carbocycles. The highest BCUT2D eigenvalue weighted by Crippen LogP contribution is 2.11. The highest BCUT2D eigenvalue weighted by atomic mass is 35.5. The molecule has 1 rings (SSSR count). The fraction of sp³-hybridized carbons (Fsp3) is 0.556. The quantitative estimate of drug-likeness (QED) is 0.570. The van der Waals surface area contributed by atoms with E-state index >= 15 is 0 Å². The lowest BCUT2D eigenvalue weighted by atomic mass is 10.3. The van der Waals surface area contributed by atoms with Crippen molar-refractivity contribution in [2.24, 2.45) is 0 Å². The number of ether oxygens (including phenoxy) is 2. The maximum absolute atomic E-state index is 11.6. The Morgan fingerprint density at radius 3 is 2.24 bits per heavy atom. The third-order valence-corrected chi connectivity index (χ3v) is 1.94. The van der Waals surface area contributed by atoms with Crippen LogP contribution in [0.25, 0.3) is 0 Å². The minimum atomic E-state index is -1.31. The molecule has 0 aliphatic rings. The molecule has 0 saturated heterocycles. The van der Waals surface area contributed by atoms with Crippen molar-refractivity contribution in [1.29, 1.82) is 0 Å². The van der Waals surface area contributed by atoms with Gasteiger partial charge in [0.1, 0.15) is 6.33 Å². The van der Waals surface area contributed by atoms with Crippen LogP contribution in [0.1, 0.15) is 19.9 Å². The summed E-state index contributed by atoms with van der Waals surface area (Å²) in [6, 6.07) is -1.31. The first kappa shape index (κ1) is 13.4. The Morgan fingerprint density at radius 1 is 1.35 bits per heavy atom. The van der Waals surface area contributed by atoms with Gasteiger partial charge < -0.3 is 9.47 Å². The molecule has 8 heteroatoms. The van der Waals surface area contributed by atoms with Gasteiger partial charge in [0.25, 0.3) is 0 Å². The Hall–Kier alpha value is -1.63. The molecule has 17 heavy (non-hydrogen) atoms. The average Bonchev–Trinajstić information content (AvgIpc) is 2.66. The van der Waals surface area contributed by atoms with Gasteiger partial charge in [-0.2, -0.15) is 0 Å². The predicted octanol–water partition coefficient (Wildman–Crippen LogP) is 0.599. The van der Waals surface area contributed by atoms with E-state index in [1.165, 1.54) is 6.33 Å². The molecule has 0 atom stereocenters. The molecule has 1 heterocycles. The van der Waals surface area contributed by atoms with Gasteiger partial charge in [-0.1, -0.05) is 0 Å². The molecule has 94 valence electrons. The highest BCUT2D eigenvalue weighted by molar-refractivity contribution is 6.28. The molecule has 0 saturated carbocycles. The molecule has 0 spiro atoms. The van der Waals surface area contributed by atoms with Gasteiger partial charge in [0.2, 0.25) is 11.3 Å². The second-order valence-electron chi connectivity index (χ2n) is 2.90. The molecule has 1 aromatic heterocycles. The third kappa shape index (κ3) is 3.42. The highest BCUT2D eigenvalue weighted by Gasteiger charge is 2.32. The van der Waals surface area contributed by atoms with E-state index in [9.17, 15) is 9.59 Å². The van der Waals surface area contributed by atoms with E-state index in [2.05, 4.69) is 10.1 Å². The van der Waals surface area contributed by atoms with Crippen LogP contribution in [-0.2, 0) is 19.1 Å². The smallest absolute Gasteiger partial charge is 0.342 e. The van der Waals surface area contributed by atoms with Crippen molar-refractivity contribution in [3.63, 3.8) is 0 Å². The van der Waals surface area contributed by atoms with Gasteiger partial charge in [-0.15, -0.1) is 5.10 Å². The number of nitrogens with zero attached hydrogens (tertiary/aromatic N) is 3. The molecular formula is C9H12ClN3O4. The lowest BCUT2D eigenvalue weighted by Gasteiger charge is -2.13. The van der Waals surface area contributed by atoms with Gasteiger partial charge in [0.05, 0.1) is 13.2 Å². The fourth-order valence-corrected chi connectivity index (χ4v) is 1.26. The van der Waals surface area contributed by atoms with E-state index < -0.39 is 18.0 Å². The van der Waals surface area contributed by atoms with Crippen LogP contribution in [0.4, 0.5) is 0 Å². The topological polar surface area (TPSA) is 83.3 Å². The van der Waals surface area contributed by atoms with Crippen LogP contribution in [0.15, 0.2) is 6.33 Å². The summed E-state index contributed by atoms with van der Waals surface area (Å²) in [6.07, 6.45) is 1.17. The van der Waals surface area contributed by atoms with Crippen molar-refractivity contribution in [3.8, 4) is 0 Å². The summed E-state index contributed by atoms with van der Waals surface area (Å²) in [5.74, 6) is -1.51. The minimum absolute atomic E-state index is 0.0661. The second-order valence-corrected chi connectivity index (χ2v) is 3.24. The third-order valence-electron chi connectivity index (χ3n) is 1.76. The Labute approximate surface area is 103 Å². The van der Waals surface area contributed by atoms with Crippen LogP contribution in [0.3, 0.4) is 0 Å². The van der Waals surface area contributed by atoms with E-state index in [-0.39, 0.29) is 18.5 Å². The average molecular weight is 262 g/mol. The zero-order valence-electron chi connectivity index (χ0n) is 9.42. The molecule has 0 aliphatic heterocycles. The first-order valence-corrected chi connectivity index (χ1v) is 5.37. The number of esters is 2. The van der Waals surface area contributed by atoms with E-state index in [1.54, 1.807) is 13.8 Å². The Balaban J connectivity index is 2.93. The van der Waals surface area contributed by atoms with Crippen LogP contribution in [0, 0.1) is 0 Å². The van der Waals surface area contributed by atoms with Gasteiger partial charge in [-0.05, 0) is 25.4 Å². The molecule has 0 radical (unpaired) electrons. The Bertz CT molecular complexity index is 389. The van der Waals surface area contributed by atoms with Crippen molar-refractivity contribution < 1.29 is 19.1 Å².